The summed E-state index contributed by atoms with van der Waals surface area (Å²) in [6, 6.07) is 1.95. The number of nitrogens with zero attached hydrogens (tertiary/aromatic N) is 2. The van der Waals surface area contributed by atoms with Crippen LogP contribution in [0.1, 0.15) is 0 Å². The van der Waals surface area contributed by atoms with E-state index in [1.807, 2.05) is 12.1 Å². The summed E-state index contributed by atoms with van der Waals surface area (Å²) in [5, 5.41) is 2.17. The van der Waals surface area contributed by atoms with Crippen molar-refractivity contribution in [2.75, 3.05) is 0 Å². The molecule has 11 heavy (non-hydrogen) atoms. The first-order valence-corrected chi connectivity index (χ1v) is 3.36. The molecule has 2 nitrogen and oxygen atoms in total. The van der Waals surface area contributed by atoms with Crippen molar-refractivity contribution in [3.8, 4) is 0 Å². The van der Waals surface area contributed by atoms with Crippen molar-refractivity contribution in [2.24, 2.45) is 4.99 Å². The van der Waals surface area contributed by atoms with Crippen LogP contribution in [0.4, 0.5) is 0 Å². The van der Waals surface area contributed by atoms with Gasteiger partial charge in [-0.2, -0.15) is 0 Å². The van der Waals surface area contributed by atoms with Crippen molar-refractivity contribution in [1.82, 2.24) is 4.98 Å². The molecule has 0 radical (unpaired) electrons. The number of aliphatic imine (C=N–C) groups is 1. The molecule has 1 aromatic rings. The topological polar surface area (TPSA) is 25.2 Å². The number of allylic oxidation sites excluding steroid dienone is 1. The fraction of sp³-hybridized carbons (Fsp3) is 0. The molecule has 0 fully saturated rings. The van der Waals surface area contributed by atoms with E-state index in [4.69, 9.17) is 0 Å². The van der Waals surface area contributed by atoms with E-state index in [0.717, 1.165) is 10.4 Å². The van der Waals surface area contributed by atoms with Crippen LogP contribution >= 0.6 is 0 Å². The molecule has 0 aliphatic carbocycles. The number of pyridine rings is 1. The van der Waals surface area contributed by atoms with E-state index in [1.54, 1.807) is 24.7 Å². The van der Waals surface area contributed by atoms with E-state index in [2.05, 4.69) is 15.8 Å². The number of aromatic nitrogens is 1. The maximum Gasteiger partial charge on any atom is 0.0462 e. The largest absolute Gasteiger partial charge is 0.264 e. The van der Waals surface area contributed by atoms with Gasteiger partial charge in [0.25, 0.3) is 0 Å². The molecule has 0 bridgehead atoms. The van der Waals surface area contributed by atoms with Crippen LogP contribution in [0, 0.1) is 0 Å². The summed E-state index contributed by atoms with van der Waals surface area (Å²) in [7, 11) is 0. The molecule has 1 aliphatic rings. The molecule has 0 saturated heterocycles. The van der Waals surface area contributed by atoms with Crippen LogP contribution in [0.5, 0.6) is 0 Å². The summed E-state index contributed by atoms with van der Waals surface area (Å²) in [5.74, 6) is 2.76. The first-order chi connectivity index (χ1) is 5.47. The first kappa shape index (κ1) is 6.08. The van der Waals surface area contributed by atoms with Crippen molar-refractivity contribution in [3.63, 3.8) is 0 Å². The molecule has 0 aromatic carbocycles. The Hall–Kier alpha value is -1.66. The Morgan fingerprint density at radius 3 is 3.27 bits per heavy atom. The Labute approximate surface area is 63.9 Å². The van der Waals surface area contributed by atoms with E-state index in [9.17, 15) is 0 Å². The third-order valence-corrected chi connectivity index (χ3v) is 1.50. The summed E-state index contributed by atoms with van der Waals surface area (Å²) in [5.41, 5.74) is 0. The molecule has 0 saturated carbocycles. The lowest BCUT2D eigenvalue weighted by Crippen LogP contribution is -2.23. The standard InChI is InChI=1S/C9H6N2/c1-2-8-3-5-11-7-9(8)6-10-4-1/h1-3,5-7H. The zero-order valence-electron chi connectivity index (χ0n) is 5.86. The molecule has 2 rings (SSSR count). The average molecular weight is 142 g/mol. The lowest BCUT2D eigenvalue weighted by molar-refractivity contribution is 1.27. The van der Waals surface area contributed by atoms with E-state index >= 15 is 0 Å². The lowest BCUT2D eigenvalue weighted by Gasteiger charge is -1.83. The Morgan fingerprint density at radius 2 is 2.27 bits per heavy atom. The van der Waals surface area contributed by atoms with E-state index < -0.39 is 0 Å². The van der Waals surface area contributed by atoms with Gasteiger partial charge in [-0.25, -0.2) is 4.99 Å². The Balaban J connectivity index is 2.91. The highest BCUT2D eigenvalue weighted by molar-refractivity contribution is 5.67. The van der Waals surface area contributed by atoms with Gasteiger partial charge >= 0.3 is 0 Å². The maximum atomic E-state index is 3.99. The summed E-state index contributed by atoms with van der Waals surface area (Å²) in [6.07, 6.45) is 9.06. The van der Waals surface area contributed by atoms with Gasteiger partial charge in [0, 0.05) is 29.9 Å². The van der Waals surface area contributed by atoms with Gasteiger partial charge in [-0.05, 0) is 23.2 Å². The van der Waals surface area contributed by atoms with Crippen LogP contribution in [-0.4, -0.2) is 10.9 Å². The number of rotatable bonds is 0. The minimum Gasteiger partial charge on any atom is -0.264 e. The van der Waals surface area contributed by atoms with Crippen LogP contribution < -0.4 is 10.4 Å². The third kappa shape index (κ3) is 1.11. The highest BCUT2D eigenvalue weighted by atomic mass is 14.7. The van der Waals surface area contributed by atoms with E-state index in [0.29, 0.717) is 0 Å². The average Bonchev–Trinajstić information content (AvgIpc) is 2.28. The van der Waals surface area contributed by atoms with Gasteiger partial charge in [0.15, 0.2) is 0 Å². The van der Waals surface area contributed by atoms with Gasteiger partial charge in [0.2, 0.25) is 0 Å². The molecule has 0 amide bonds. The summed E-state index contributed by atoms with van der Waals surface area (Å²) >= 11 is 0. The quantitative estimate of drug-likeness (QED) is 0.494. The Morgan fingerprint density at radius 1 is 1.27 bits per heavy atom. The van der Waals surface area contributed by atoms with Crippen molar-refractivity contribution in [3.05, 3.63) is 35.0 Å². The van der Waals surface area contributed by atoms with Crippen molar-refractivity contribution < 1.29 is 0 Å². The number of fused-ring (bicyclic) bond motifs is 1. The minimum absolute atomic E-state index is 1.04. The molecule has 1 aromatic heterocycles. The van der Waals surface area contributed by atoms with Crippen molar-refractivity contribution >= 4 is 18.1 Å². The number of hydrogen-bond donors (Lipinski definition) is 0. The van der Waals surface area contributed by atoms with Gasteiger partial charge in [-0.3, -0.25) is 4.98 Å². The van der Waals surface area contributed by atoms with Gasteiger partial charge < -0.3 is 0 Å². The second kappa shape index (κ2) is 2.52. The predicted octanol–water partition coefficient (Wildman–Crippen LogP) is -0.160. The van der Waals surface area contributed by atoms with Crippen LogP contribution in [0.25, 0.3) is 12.3 Å². The monoisotopic (exact) mass is 142 g/mol. The van der Waals surface area contributed by atoms with Crippen LogP contribution in [0.2, 0.25) is 0 Å². The zero-order valence-corrected chi connectivity index (χ0v) is 5.86. The molecule has 0 N–H and O–H groups in total. The van der Waals surface area contributed by atoms with Crippen LogP contribution in [-0.2, 0) is 0 Å². The highest BCUT2D eigenvalue weighted by Crippen LogP contribution is 1.73. The Kier molecular flexibility index (Phi) is 1.39. The molecular formula is C9H6N2. The van der Waals surface area contributed by atoms with Crippen molar-refractivity contribution in [2.45, 2.75) is 0 Å². The Bertz CT molecular complexity index is 398. The molecule has 0 unspecified atom stereocenters. The third-order valence-electron chi connectivity index (χ3n) is 1.50. The minimum atomic E-state index is 1.04. The molecule has 2 heteroatoms. The fourth-order valence-electron chi connectivity index (χ4n) is 0.954. The van der Waals surface area contributed by atoms with Crippen molar-refractivity contribution in [1.29, 1.82) is 0 Å². The van der Waals surface area contributed by atoms with Gasteiger partial charge in [-0.1, -0.05) is 0 Å². The van der Waals surface area contributed by atoms with Crippen LogP contribution in [0.15, 0.2) is 29.5 Å². The highest BCUT2D eigenvalue weighted by Gasteiger charge is 1.83. The summed E-state index contributed by atoms with van der Waals surface area (Å²) < 4.78 is 0. The summed E-state index contributed by atoms with van der Waals surface area (Å²) in [6.45, 7) is 0. The molecule has 2 heterocycles. The fourth-order valence-corrected chi connectivity index (χ4v) is 0.954. The number of hydrogen-bond acceptors (Lipinski definition) is 2. The molecular weight excluding hydrogens is 136 g/mol. The smallest absolute Gasteiger partial charge is 0.0462 e. The zero-order chi connectivity index (χ0) is 7.52. The van der Waals surface area contributed by atoms with Gasteiger partial charge in [0.1, 0.15) is 0 Å². The SMILES string of the molecule is C1=CC=c2ccncc2=CN=1. The van der Waals surface area contributed by atoms with E-state index in [-0.39, 0.29) is 0 Å². The molecule has 0 spiro atoms. The van der Waals surface area contributed by atoms with E-state index in [1.165, 1.54) is 0 Å². The molecule has 1 aliphatic heterocycles. The van der Waals surface area contributed by atoms with Gasteiger partial charge in [0.05, 0.1) is 0 Å². The predicted molar refractivity (Wildman–Crippen MR) is 44.4 cm³/mol. The summed E-state index contributed by atoms with van der Waals surface area (Å²) in [4.78, 5) is 7.90. The second-order valence-electron chi connectivity index (χ2n) is 2.23. The second-order valence-corrected chi connectivity index (χ2v) is 2.23. The van der Waals surface area contributed by atoms with Gasteiger partial charge in [-0.15, -0.1) is 0 Å². The maximum absolute atomic E-state index is 3.99. The normalized spacial score (nSPS) is 12.7. The first-order valence-electron chi connectivity index (χ1n) is 3.36. The molecule has 52 valence electrons. The van der Waals surface area contributed by atoms with Crippen LogP contribution in [0.3, 0.4) is 0 Å². The lowest BCUT2D eigenvalue weighted by atomic mass is 10.3. The molecule has 0 atom stereocenters.